The largest absolute Gasteiger partial charge is 0.402 e. The van der Waals surface area contributed by atoms with Gasteiger partial charge in [-0.15, -0.1) is 0 Å². The number of nitrogens with zero attached hydrogens (tertiary/aromatic N) is 1. The predicted molar refractivity (Wildman–Crippen MR) is 75.1 cm³/mol. The van der Waals surface area contributed by atoms with Gasteiger partial charge in [-0.2, -0.15) is 0 Å². The Bertz CT molecular complexity index is 439. The second-order valence-electron chi connectivity index (χ2n) is 5.08. The molecule has 0 saturated carbocycles. The third-order valence-electron chi connectivity index (χ3n) is 3.53. The zero-order valence-corrected chi connectivity index (χ0v) is 10.9. The standard InChI is InChI=1S/C14H22N4/c1-18-7-6-10-2-3-11(8-12(10)9-18)13(15)4-5-14(16)17/h2,4-5,8,11H,3,6-7,9,15-17H2,1H3/b13-4-. The molecule has 0 spiro atoms. The monoisotopic (exact) mass is 246 g/mol. The summed E-state index contributed by atoms with van der Waals surface area (Å²) in [6.45, 7) is 2.16. The summed E-state index contributed by atoms with van der Waals surface area (Å²) in [5.74, 6) is 0.556. The number of nitrogens with two attached hydrogens (primary N) is 3. The van der Waals surface area contributed by atoms with Gasteiger partial charge in [0.05, 0.1) is 5.82 Å². The quantitative estimate of drug-likeness (QED) is 0.629. The number of hydrogen-bond donors (Lipinski definition) is 3. The van der Waals surface area contributed by atoms with Gasteiger partial charge in [0.1, 0.15) is 0 Å². The summed E-state index contributed by atoms with van der Waals surface area (Å²) in [4.78, 5) is 2.34. The topological polar surface area (TPSA) is 81.3 Å². The Morgan fingerprint density at radius 1 is 1.28 bits per heavy atom. The molecule has 0 aromatic rings. The average Bonchev–Trinajstić information content (AvgIpc) is 2.34. The van der Waals surface area contributed by atoms with Crippen molar-refractivity contribution in [1.82, 2.24) is 4.90 Å². The van der Waals surface area contributed by atoms with E-state index >= 15 is 0 Å². The number of fused-ring (bicyclic) bond motifs is 1. The zero-order valence-electron chi connectivity index (χ0n) is 10.9. The van der Waals surface area contributed by atoms with Crippen LogP contribution in [0.1, 0.15) is 12.8 Å². The van der Waals surface area contributed by atoms with E-state index in [4.69, 9.17) is 17.2 Å². The highest BCUT2D eigenvalue weighted by molar-refractivity contribution is 5.40. The number of likely N-dealkylation sites (tertiary alicyclic amines) is 1. The van der Waals surface area contributed by atoms with E-state index in [1.54, 1.807) is 6.08 Å². The molecular formula is C14H22N4. The maximum atomic E-state index is 6.07. The van der Waals surface area contributed by atoms with Crippen LogP contribution >= 0.6 is 0 Å². The van der Waals surface area contributed by atoms with Crippen LogP contribution in [0.5, 0.6) is 0 Å². The van der Waals surface area contributed by atoms with E-state index in [1.165, 1.54) is 11.1 Å². The fourth-order valence-corrected chi connectivity index (χ4v) is 2.46. The SMILES string of the molecule is CN1CCC2=CCC(/C(N)=C/C=C(N)N)C=C2C1. The molecule has 98 valence electrons. The van der Waals surface area contributed by atoms with Crippen molar-refractivity contribution in [2.24, 2.45) is 23.1 Å². The molecule has 0 radical (unpaired) electrons. The van der Waals surface area contributed by atoms with Crippen molar-refractivity contribution in [2.75, 3.05) is 20.1 Å². The lowest BCUT2D eigenvalue weighted by atomic mass is 9.85. The minimum atomic E-state index is 0.269. The minimum absolute atomic E-state index is 0.269. The minimum Gasteiger partial charge on any atom is -0.402 e. The summed E-state index contributed by atoms with van der Waals surface area (Å²) in [7, 11) is 2.15. The molecule has 1 unspecified atom stereocenters. The number of hydrogen-bond acceptors (Lipinski definition) is 4. The lowest BCUT2D eigenvalue weighted by molar-refractivity contribution is 0.344. The molecule has 1 fully saturated rings. The van der Waals surface area contributed by atoms with E-state index in [1.807, 2.05) is 6.08 Å². The summed E-state index contributed by atoms with van der Waals surface area (Å²) in [5.41, 5.74) is 20.6. The molecule has 0 aromatic carbocycles. The number of likely N-dealkylation sites (N-methyl/N-ethyl adjacent to an activating group) is 1. The molecule has 4 nitrogen and oxygen atoms in total. The van der Waals surface area contributed by atoms with Crippen LogP contribution in [0.25, 0.3) is 0 Å². The van der Waals surface area contributed by atoms with Crippen LogP contribution in [0.3, 0.4) is 0 Å². The molecule has 1 atom stereocenters. The van der Waals surface area contributed by atoms with Crippen LogP contribution < -0.4 is 17.2 Å². The lowest BCUT2D eigenvalue weighted by Gasteiger charge is -2.31. The molecule has 0 bridgehead atoms. The van der Waals surface area contributed by atoms with E-state index in [0.29, 0.717) is 0 Å². The Morgan fingerprint density at radius 3 is 2.78 bits per heavy atom. The summed E-state index contributed by atoms with van der Waals surface area (Å²) in [6.07, 6.45) is 10.2. The first-order chi connectivity index (χ1) is 8.56. The molecule has 18 heavy (non-hydrogen) atoms. The molecule has 2 rings (SSSR count). The summed E-state index contributed by atoms with van der Waals surface area (Å²) in [6, 6.07) is 0. The van der Waals surface area contributed by atoms with Crippen LogP contribution in [0.2, 0.25) is 0 Å². The van der Waals surface area contributed by atoms with Gasteiger partial charge in [-0.25, -0.2) is 0 Å². The molecule has 1 aliphatic heterocycles. The van der Waals surface area contributed by atoms with Crippen LogP contribution in [0.4, 0.5) is 0 Å². The summed E-state index contributed by atoms with van der Waals surface area (Å²) >= 11 is 0. The molecule has 1 heterocycles. The van der Waals surface area contributed by atoms with Crippen molar-refractivity contribution in [3.8, 4) is 0 Å². The fourth-order valence-electron chi connectivity index (χ4n) is 2.46. The number of piperidine rings is 1. The molecule has 1 saturated heterocycles. The first kappa shape index (κ1) is 12.8. The summed E-state index contributed by atoms with van der Waals surface area (Å²) in [5, 5.41) is 0. The van der Waals surface area contributed by atoms with E-state index in [9.17, 15) is 0 Å². The van der Waals surface area contributed by atoms with E-state index < -0.39 is 0 Å². The van der Waals surface area contributed by atoms with E-state index in [2.05, 4.69) is 24.1 Å². The highest BCUT2D eigenvalue weighted by atomic mass is 15.1. The predicted octanol–water partition coefficient (Wildman–Crippen LogP) is 0.796. The van der Waals surface area contributed by atoms with Crippen molar-refractivity contribution in [3.63, 3.8) is 0 Å². The van der Waals surface area contributed by atoms with E-state index in [-0.39, 0.29) is 11.7 Å². The molecule has 6 N–H and O–H groups in total. The number of allylic oxidation sites excluding steroid dienone is 4. The Morgan fingerprint density at radius 2 is 2.06 bits per heavy atom. The Kier molecular flexibility index (Phi) is 3.77. The molecule has 0 aromatic heterocycles. The molecule has 4 heteroatoms. The fraction of sp³-hybridized carbons (Fsp3) is 0.429. The Labute approximate surface area is 108 Å². The lowest BCUT2D eigenvalue weighted by Crippen LogP contribution is -2.30. The van der Waals surface area contributed by atoms with Gasteiger partial charge in [0, 0.05) is 24.7 Å². The highest BCUT2D eigenvalue weighted by Crippen LogP contribution is 2.30. The third kappa shape index (κ3) is 2.96. The van der Waals surface area contributed by atoms with Crippen molar-refractivity contribution < 1.29 is 0 Å². The van der Waals surface area contributed by atoms with Gasteiger partial charge in [0.25, 0.3) is 0 Å². The van der Waals surface area contributed by atoms with Gasteiger partial charge in [0.2, 0.25) is 0 Å². The molecule has 0 amide bonds. The van der Waals surface area contributed by atoms with Gasteiger partial charge >= 0.3 is 0 Å². The Hall–Kier alpha value is -1.68. The maximum Gasteiger partial charge on any atom is 0.0934 e. The van der Waals surface area contributed by atoms with Gasteiger partial charge in [-0.05, 0) is 43.2 Å². The smallest absolute Gasteiger partial charge is 0.0934 e. The normalized spacial score (nSPS) is 24.9. The van der Waals surface area contributed by atoms with Crippen molar-refractivity contribution in [1.29, 1.82) is 0 Å². The van der Waals surface area contributed by atoms with Crippen molar-refractivity contribution in [2.45, 2.75) is 12.8 Å². The third-order valence-corrected chi connectivity index (χ3v) is 3.53. The zero-order chi connectivity index (χ0) is 13.1. The van der Waals surface area contributed by atoms with Crippen LogP contribution in [0.15, 0.2) is 47.0 Å². The van der Waals surface area contributed by atoms with Gasteiger partial charge in [0.15, 0.2) is 0 Å². The molecule has 1 aliphatic carbocycles. The van der Waals surface area contributed by atoms with E-state index in [0.717, 1.165) is 31.6 Å². The second kappa shape index (κ2) is 5.31. The van der Waals surface area contributed by atoms with Crippen LogP contribution in [-0.2, 0) is 0 Å². The first-order valence-corrected chi connectivity index (χ1v) is 6.33. The van der Waals surface area contributed by atoms with Crippen molar-refractivity contribution >= 4 is 0 Å². The average molecular weight is 246 g/mol. The van der Waals surface area contributed by atoms with Crippen molar-refractivity contribution in [3.05, 3.63) is 47.0 Å². The van der Waals surface area contributed by atoms with Gasteiger partial charge < -0.3 is 22.1 Å². The van der Waals surface area contributed by atoms with Crippen LogP contribution in [-0.4, -0.2) is 25.0 Å². The molecule has 2 aliphatic rings. The van der Waals surface area contributed by atoms with Gasteiger partial charge in [-0.1, -0.05) is 12.2 Å². The highest BCUT2D eigenvalue weighted by Gasteiger charge is 2.21. The summed E-state index contributed by atoms with van der Waals surface area (Å²) < 4.78 is 0. The van der Waals surface area contributed by atoms with Gasteiger partial charge in [-0.3, -0.25) is 0 Å². The maximum absolute atomic E-state index is 6.07. The Balaban J connectivity index is 2.12. The second-order valence-corrected chi connectivity index (χ2v) is 5.08. The number of rotatable bonds is 2. The van der Waals surface area contributed by atoms with Crippen LogP contribution in [0, 0.1) is 5.92 Å². The molecular weight excluding hydrogens is 224 g/mol. The first-order valence-electron chi connectivity index (χ1n) is 6.33.